The number of rotatable bonds is 2. The van der Waals surface area contributed by atoms with E-state index < -0.39 is 18.3 Å². The van der Waals surface area contributed by atoms with Crippen molar-refractivity contribution in [2.75, 3.05) is 5.73 Å². The average Bonchev–Trinajstić information content (AvgIpc) is 2.33. The molecular weight excluding hydrogens is 339 g/mol. The Morgan fingerprint density at radius 2 is 2.00 bits per heavy atom. The number of hydrogen-bond donors (Lipinski definition) is 1. The second kappa shape index (κ2) is 5.28. The molecule has 0 amide bonds. The molecule has 1 aromatic heterocycles. The lowest BCUT2D eigenvalue weighted by molar-refractivity contribution is -0.143. The van der Waals surface area contributed by atoms with Crippen LogP contribution in [0.25, 0.3) is 11.3 Å². The predicted molar refractivity (Wildman–Crippen MR) is 72.1 cm³/mol. The quantitative estimate of drug-likeness (QED) is 0.908. The minimum absolute atomic E-state index is 0.202. The van der Waals surface area contributed by atoms with Gasteiger partial charge in [-0.1, -0.05) is 28.1 Å². The highest BCUT2D eigenvalue weighted by molar-refractivity contribution is 9.10. The van der Waals surface area contributed by atoms with Crippen LogP contribution in [0.4, 0.5) is 18.9 Å². The van der Waals surface area contributed by atoms with E-state index in [9.17, 15) is 18.0 Å². The molecule has 0 aliphatic rings. The normalized spacial score (nSPS) is 11.6. The third-order valence-corrected chi connectivity index (χ3v) is 2.94. The van der Waals surface area contributed by atoms with E-state index in [4.69, 9.17) is 5.73 Å². The van der Waals surface area contributed by atoms with Crippen molar-refractivity contribution in [1.82, 2.24) is 9.78 Å². The number of halogens is 4. The van der Waals surface area contributed by atoms with E-state index in [2.05, 4.69) is 21.0 Å². The number of alkyl halides is 3. The smallest absolute Gasteiger partial charge is 0.394 e. The molecule has 1 aromatic carbocycles. The minimum atomic E-state index is -4.54. The number of anilines is 1. The summed E-state index contributed by atoms with van der Waals surface area (Å²) in [5.74, 6) is 0. The van der Waals surface area contributed by atoms with Crippen LogP contribution in [0.1, 0.15) is 0 Å². The average molecular weight is 348 g/mol. The maximum Gasteiger partial charge on any atom is 0.408 e. The van der Waals surface area contributed by atoms with Crippen LogP contribution < -0.4 is 11.3 Å². The highest BCUT2D eigenvalue weighted by Gasteiger charge is 2.29. The number of nitrogens with two attached hydrogens (primary N) is 1. The van der Waals surface area contributed by atoms with Gasteiger partial charge in [-0.3, -0.25) is 4.79 Å². The zero-order valence-electron chi connectivity index (χ0n) is 9.99. The van der Waals surface area contributed by atoms with Crippen LogP contribution >= 0.6 is 15.9 Å². The van der Waals surface area contributed by atoms with Gasteiger partial charge in [0.05, 0.1) is 5.69 Å². The molecule has 0 bridgehead atoms. The Bertz CT molecular complexity index is 697. The zero-order chi connectivity index (χ0) is 14.9. The Morgan fingerprint density at radius 3 is 2.60 bits per heavy atom. The number of benzene rings is 1. The van der Waals surface area contributed by atoms with Gasteiger partial charge in [-0.25, -0.2) is 4.68 Å². The summed E-state index contributed by atoms with van der Waals surface area (Å²) in [6, 6.07) is 8.06. The number of hydrogen-bond acceptors (Lipinski definition) is 3. The van der Waals surface area contributed by atoms with E-state index in [0.29, 0.717) is 10.2 Å². The fourth-order valence-corrected chi connectivity index (χ4v) is 2.03. The summed E-state index contributed by atoms with van der Waals surface area (Å²) in [7, 11) is 0. The van der Waals surface area contributed by atoms with Crippen molar-refractivity contribution in [3.8, 4) is 11.3 Å². The molecule has 0 saturated heterocycles. The van der Waals surface area contributed by atoms with Crippen LogP contribution in [0.5, 0.6) is 0 Å². The monoisotopic (exact) mass is 347 g/mol. The maximum absolute atomic E-state index is 12.4. The molecule has 0 spiro atoms. The maximum atomic E-state index is 12.4. The lowest BCUT2D eigenvalue weighted by Gasteiger charge is -2.11. The van der Waals surface area contributed by atoms with Gasteiger partial charge in [0.1, 0.15) is 12.2 Å². The second-order valence-corrected chi connectivity index (χ2v) is 4.99. The Balaban J connectivity index is 2.54. The van der Waals surface area contributed by atoms with Gasteiger partial charge < -0.3 is 5.73 Å². The summed E-state index contributed by atoms with van der Waals surface area (Å²) in [6.45, 7) is -1.47. The molecule has 2 N–H and O–H groups in total. The molecule has 0 aliphatic heterocycles. The van der Waals surface area contributed by atoms with Gasteiger partial charge in [0.15, 0.2) is 0 Å². The highest BCUT2D eigenvalue weighted by atomic mass is 79.9. The number of nitrogen functional groups attached to an aromatic ring is 1. The van der Waals surface area contributed by atoms with Crippen molar-refractivity contribution in [2.45, 2.75) is 12.7 Å². The van der Waals surface area contributed by atoms with Crippen molar-refractivity contribution in [1.29, 1.82) is 0 Å². The largest absolute Gasteiger partial charge is 0.408 e. The molecule has 0 radical (unpaired) electrons. The van der Waals surface area contributed by atoms with Gasteiger partial charge in [-0.2, -0.15) is 18.3 Å². The first-order valence-corrected chi connectivity index (χ1v) is 6.26. The van der Waals surface area contributed by atoms with Crippen LogP contribution in [0.3, 0.4) is 0 Å². The van der Waals surface area contributed by atoms with Crippen molar-refractivity contribution < 1.29 is 13.2 Å². The van der Waals surface area contributed by atoms with E-state index in [-0.39, 0.29) is 11.4 Å². The van der Waals surface area contributed by atoms with Gasteiger partial charge in [0, 0.05) is 10.0 Å². The lowest BCUT2D eigenvalue weighted by atomic mass is 10.1. The second-order valence-electron chi connectivity index (χ2n) is 4.07. The molecule has 106 valence electrons. The first-order valence-electron chi connectivity index (χ1n) is 5.46. The molecule has 0 fully saturated rings. The fraction of sp³-hybridized carbons (Fsp3) is 0.167. The molecule has 0 unspecified atom stereocenters. The van der Waals surface area contributed by atoms with Crippen LogP contribution in [0, 0.1) is 0 Å². The zero-order valence-corrected chi connectivity index (χ0v) is 11.6. The Morgan fingerprint density at radius 1 is 1.30 bits per heavy atom. The summed E-state index contributed by atoms with van der Waals surface area (Å²) in [5.41, 5.74) is 4.99. The van der Waals surface area contributed by atoms with E-state index >= 15 is 0 Å². The van der Waals surface area contributed by atoms with Crippen LogP contribution in [-0.2, 0) is 6.54 Å². The van der Waals surface area contributed by atoms with Crippen molar-refractivity contribution in [3.05, 3.63) is 45.2 Å². The highest BCUT2D eigenvalue weighted by Crippen LogP contribution is 2.22. The van der Waals surface area contributed by atoms with Crippen molar-refractivity contribution >= 4 is 21.6 Å². The summed E-state index contributed by atoms with van der Waals surface area (Å²) in [5, 5.41) is 3.71. The minimum Gasteiger partial charge on any atom is -0.394 e. The first kappa shape index (κ1) is 14.6. The molecule has 4 nitrogen and oxygen atoms in total. The number of nitrogens with zero attached hydrogens (tertiary/aromatic N) is 2. The molecule has 0 saturated carbocycles. The molecule has 2 aromatic rings. The van der Waals surface area contributed by atoms with Crippen molar-refractivity contribution in [2.24, 2.45) is 0 Å². The van der Waals surface area contributed by atoms with Gasteiger partial charge in [-0.15, -0.1) is 0 Å². The lowest BCUT2D eigenvalue weighted by Crippen LogP contribution is -2.31. The van der Waals surface area contributed by atoms with E-state index in [0.717, 1.165) is 4.47 Å². The third kappa shape index (κ3) is 3.38. The molecular formula is C12H9BrF3N3O. The predicted octanol–water partition coefficient (Wildman–Crippen LogP) is 2.82. The third-order valence-electron chi connectivity index (χ3n) is 2.45. The Kier molecular flexibility index (Phi) is 3.85. The summed E-state index contributed by atoms with van der Waals surface area (Å²) in [6.07, 6.45) is -4.54. The SMILES string of the molecule is Nc1cc(-c2cccc(Br)c2)nn(CC(F)(F)F)c1=O. The fourth-order valence-electron chi connectivity index (χ4n) is 1.63. The molecule has 2 rings (SSSR count). The Hall–Kier alpha value is -1.83. The topological polar surface area (TPSA) is 60.9 Å². The molecule has 0 aliphatic carbocycles. The van der Waals surface area contributed by atoms with Crippen LogP contribution in [0.15, 0.2) is 39.6 Å². The first-order chi connectivity index (χ1) is 9.26. The van der Waals surface area contributed by atoms with E-state index in [1.807, 2.05) is 0 Å². The molecule has 1 heterocycles. The van der Waals surface area contributed by atoms with Gasteiger partial charge in [0.2, 0.25) is 0 Å². The molecule has 8 heteroatoms. The Labute approximate surface area is 120 Å². The van der Waals surface area contributed by atoms with E-state index in [1.54, 1.807) is 24.3 Å². The standard InChI is InChI=1S/C12H9BrF3N3O/c13-8-3-1-2-7(4-8)10-5-9(17)11(20)19(18-10)6-12(14,15)16/h1-5H,6,17H2. The summed E-state index contributed by atoms with van der Waals surface area (Å²) in [4.78, 5) is 11.6. The molecule has 0 atom stereocenters. The van der Waals surface area contributed by atoms with Gasteiger partial charge in [0.25, 0.3) is 5.56 Å². The van der Waals surface area contributed by atoms with Crippen molar-refractivity contribution in [3.63, 3.8) is 0 Å². The van der Waals surface area contributed by atoms with Gasteiger partial charge in [-0.05, 0) is 18.2 Å². The van der Waals surface area contributed by atoms with Crippen LogP contribution in [-0.4, -0.2) is 16.0 Å². The van der Waals surface area contributed by atoms with E-state index in [1.165, 1.54) is 6.07 Å². The summed E-state index contributed by atoms with van der Waals surface area (Å²) < 4.78 is 38.3. The number of aromatic nitrogens is 2. The van der Waals surface area contributed by atoms with Crippen LogP contribution in [0.2, 0.25) is 0 Å². The molecule has 20 heavy (non-hydrogen) atoms. The summed E-state index contributed by atoms with van der Waals surface area (Å²) >= 11 is 3.25. The van der Waals surface area contributed by atoms with Gasteiger partial charge >= 0.3 is 6.18 Å².